The zero-order valence-electron chi connectivity index (χ0n) is 7.69. The Kier molecular flexibility index (Phi) is 7.89. The van der Waals surface area contributed by atoms with Crippen molar-refractivity contribution in [1.29, 1.82) is 0 Å². The zero-order chi connectivity index (χ0) is 8.53. The highest BCUT2D eigenvalue weighted by Crippen LogP contribution is 1.80. The summed E-state index contributed by atoms with van der Waals surface area (Å²) in [5.74, 6) is 0. The van der Waals surface area contributed by atoms with Gasteiger partial charge in [-0.1, -0.05) is 6.92 Å². The summed E-state index contributed by atoms with van der Waals surface area (Å²) >= 11 is 0. The average Bonchev–Trinajstić information content (AvgIpc) is 2.07. The lowest BCUT2D eigenvalue weighted by molar-refractivity contribution is 0.442. The number of nitrogens with two attached hydrogens (primary N) is 1. The fourth-order valence-electron chi connectivity index (χ4n) is 0.798. The number of piperazine rings is 1. The summed E-state index contributed by atoms with van der Waals surface area (Å²) in [5, 5.41) is 6.59. The molecule has 68 valence electrons. The van der Waals surface area contributed by atoms with Crippen molar-refractivity contribution in [2.75, 3.05) is 26.2 Å². The number of hydrogen-bond donors (Lipinski definition) is 3. The Morgan fingerprint density at radius 2 is 2.09 bits per heavy atom. The van der Waals surface area contributed by atoms with Crippen molar-refractivity contribution in [1.82, 2.24) is 10.6 Å². The molecular formula is C8H21N3. The Morgan fingerprint density at radius 1 is 1.45 bits per heavy atom. The smallest absolute Gasteiger partial charge is 0.0164 e. The molecule has 0 saturated carbocycles. The topological polar surface area (TPSA) is 50.1 Å². The molecule has 11 heavy (non-hydrogen) atoms. The van der Waals surface area contributed by atoms with Crippen molar-refractivity contribution in [2.24, 2.45) is 5.73 Å². The van der Waals surface area contributed by atoms with Gasteiger partial charge in [-0.2, -0.15) is 0 Å². The predicted octanol–water partition coefficient (Wildman–Crippen LogP) is -0.0772. The quantitative estimate of drug-likeness (QED) is 0.502. The molecule has 0 radical (unpaired) electrons. The highest BCUT2D eigenvalue weighted by molar-refractivity contribution is 4.69. The second-order valence-corrected chi connectivity index (χ2v) is 2.85. The molecule has 1 aliphatic heterocycles. The fourth-order valence-corrected chi connectivity index (χ4v) is 0.798. The Hall–Kier alpha value is -0.120. The van der Waals surface area contributed by atoms with E-state index in [1.54, 1.807) is 0 Å². The van der Waals surface area contributed by atoms with Crippen LogP contribution in [-0.4, -0.2) is 32.2 Å². The van der Waals surface area contributed by atoms with Crippen LogP contribution in [0, 0.1) is 0 Å². The van der Waals surface area contributed by atoms with E-state index in [9.17, 15) is 0 Å². The first-order chi connectivity index (χ1) is 5.31. The fraction of sp³-hybridized carbons (Fsp3) is 1.00. The normalized spacial score (nSPS) is 23.7. The molecule has 0 spiro atoms. The summed E-state index contributed by atoms with van der Waals surface area (Å²) in [7, 11) is 0. The Morgan fingerprint density at radius 3 is 2.27 bits per heavy atom. The van der Waals surface area contributed by atoms with Crippen molar-refractivity contribution in [3.05, 3.63) is 0 Å². The van der Waals surface area contributed by atoms with Gasteiger partial charge in [0.05, 0.1) is 0 Å². The van der Waals surface area contributed by atoms with E-state index in [1.807, 2.05) is 0 Å². The second kappa shape index (κ2) is 7.98. The lowest BCUT2D eigenvalue weighted by atomic mass is 10.3. The van der Waals surface area contributed by atoms with Gasteiger partial charge >= 0.3 is 0 Å². The van der Waals surface area contributed by atoms with E-state index in [0.29, 0.717) is 6.04 Å². The first-order valence-electron chi connectivity index (χ1n) is 4.45. The molecule has 1 unspecified atom stereocenters. The molecule has 0 aromatic carbocycles. The van der Waals surface area contributed by atoms with Gasteiger partial charge in [-0.3, -0.25) is 0 Å². The molecule has 3 nitrogen and oxygen atoms in total. The summed E-state index contributed by atoms with van der Waals surface area (Å²) in [6.45, 7) is 8.44. The number of rotatable bonds is 1. The minimum atomic E-state index is 0.675. The highest BCUT2D eigenvalue weighted by Gasteiger charge is 2.03. The predicted molar refractivity (Wildman–Crippen MR) is 49.7 cm³/mol. The molecule has 1 fully saturated rings. The molecule has 1 rings (SSSR count). The van der Waals surface area contributed by atoms with Crippen LogP contribution in [0.2, 0.25) is 0 Å². The third kappa shape index (κ3) is 7.78. The van der Waals surface area contributed by atoms with Crippen LogP contribution in [0.5, 0.6) is 0 Å². The van der Waals surface area contributed by atoms with Crippen LogP contribution >= 0.6 is 0 Å². The third-order valence-electron chi connectivity index (χ3n) is 1.53. The van der Waals surface area contributed by atoms with Gasteiger partial charge in [0, 0.05) is 25.7 Å². The largest absolute Gasteiger partial charge is 0.330 e. The van der Waals surface area contributed by atoms with Crippen LogP contribution in [0.1, 0.15) is 20.3 Å². The monoisotopic (exact) mass is 159 g/mol. The number of nitrogens with one attached hydrogen (secondary N) is 2. The molecule has 4 N–H and O–H groups in total. The zero-order valence-corrected chi connectivity index (χ0v) is 7.69. The van der Waals surface area contributed by atoms with Crippen molar-refractivity contribution in [3.63, 3.8) is 0 Å². The Labute approximate surface area is 69.7 Å². The van der Waals surface area contributed by atoms with E-state index in [1.165, 1.54) is 0 Å². The summed E-state index contributed by atoms with van der Waals surface area (Å²) in [4.78, 5) is 0. The molecule has 0 aromatic heterocycles. The molecular weight excluding hydrogens is 138 g/mol. The first kappa shape index (κ1) is 10.9. The third-order valence-corrected chi connectivity index (χ3v) is 1.53. The van der Waals surface area contributed by atoms with E-state index in [-0.39, 0.29) is 0 Å². The Bertz CT molecular complexity index is 67.7. The van der Waals surface area contributed by atoms with Crippen LogP contribution < -0.4 is 16.4 Å². The second-order valence-electron chi connectivity index (χ2n) is 2.85. The molecule has 0 bridgehead atoms. The van der Waals surface area contributed by atoms with Crippen LogP contribution in [0.15, 0.2) is 0 Å². The van der Waals surface area contributed by atoms with Crippen molar-refractivity contribution < 1.29 is 0 Å². The maximum atomic E-state index is 5.03. The lowest BCUT2D eigenvalue weighted by Crippen LogP contribution is -2.46. The van der Waals surface area contributed by atoms with Gasteiger partial charge < -0.3 is 16.4 Å². The molecule has 1 atom stereocenters. The molecule has 1 aliphatic rings. The summed E-state index contributed by atoms with van der Waals surface area (Å²) in [6.07, 6.45) is 1.10. The van der Waals surface area contributed by atoms with Crippen LogP contribution in [-0.2, 0) is 0 Å². The molecule has 1 heterocycles. The Balaban J connectivity index is 0.000000218. The van der Waals surface area contributed by atoms with Gasteiger partial charge in [0.1, 0.15) is 0 Å². The van der Waals surface area contributed by atoms with E-state index in [4.69, 9.17) is 5.73 Å². The number of hydrogen-bond acceptors (Lipinski definition) is 3. The van der Waals surface area contributed by atoms with E-state index < -0.39 is 0 Å². The van der Waals surface area contributed by atoms with Crippen LogP contribution in [0.4, 0.5) is 0 Å². The molecule has 0 aromatic rings. The van der Waals surface area contributed by atoms with Crippen molar-refractivity contribution in [2.45, 2.75) is 26.3 Å². The maximum Gasteiger partial charge on any atom is 0.0164 e. The minimum absolute atomic E-state index is 0.675. The van der Waals surface area contributed by atoms with Crippen LogP contribution in [0.3, 0.4) is 0 Å². The van der Waals surface area contributed by atoms with Gasteiger partial charge in [0.15, 0.2) is 0 Å². The molecule has 3 heteroatoms. The summed E-state index contributed by atoms with van der Waals surface area (Å²) in [6, 6.07) is 0.675. The minimum Gasteiger partial charge on any atom is -0.330 e. The van der Waals surface area contributed by atoms with E-state index in [2.05, 4.69) is 24.5 Å². The van der Waals surface area contributed by atoms with Gasteiger partial charge in [-0.05, 0) is 19.9 Å². The first-order valence-corrected chi connectivity index (χ1v) is 4.45. The van der Waals surface area contributed by atoms with Gasteiger partial charge in [0.2, 0.25) is 0 Å². The van der Waals surface area contributed by atoms with Gasteiger partial charge in [-0.25, -0.2) is 0 Å². The van der Waals surface area contributed by atoms with Gasteiger partial charge in [-0.15, -0.1) is 0 Å². The SMILES string of the molecule is CC1CNCCN1.CCCN. The maximum absolute atomic E-state index is 5.03. The summed E-state index contributed by atoms with van der Waals surface area (Å²) in [5.41, 5.74) is 5.03. The molecule has 0 aliphatic carbocycles. The average molecular weight is 159 g/mol. The molecule has 1 saturated heterocycles. The van der Waals surface area contributed by atoms with Gasteiger partial charge in [0.25, 0.3) is 0 Å². The van der Waals surface area contributed by atoms with Crippen molar-refractivity contribution in [3.8, 4) is 0 Å². The van der Waals surface area contributed by atoms with E-state index >= 15 is 0 Å². The summed E-state index contributed by atoms with van der Waals surface area (Å²) < 4.78 is 0. The molecule has 0 amide bonds. The highest BCUT2D eigenvalue weighted by atomic mass is 15.0. The standard InChI is InChI=1S/C5H12N2.C3H9N/c1-5-4-6-2-3-7-5;1-2-3-4/h5-7H,2-4H2,1H3;2-4H2,1H3. The lowest BCUT2D eigenvalue weighted by Gasteiger charge is -2.19. The van der Waals surface area contributed by atoms with Crippen LogP contribution in [0.25, 0.3) is 0 Å². The van der Waals surface area contributed by atoms with E-state index in [0.717, 1.165) is 32.6 Å². The van der Waals surface area contributed by atoms with Crippen molar-refractivity contribution >= 4 is 0 Å².